The number of furan rings is 2. The molecule has 0 spiro atoms. The molecule has 4 heterocycles. The number of halogens is 3. The van der Waals surface area contributed by atoms with Crippen LogP contribution in [-0.2, 0) is 6.18 Å². The van der Waals surface area contributed by atoms with Crippen LogP contribution in [0.25, 0.3) is 44.7 Å². The van der Waals surface area contributed by atoms with Crippen LogP contribution < -0.4 is 0 Å². The molecule has 1 aromatic carbocycles. The highest BCUT2D eigenvalue weighted by Gasteiger charge is 2.33. The zero-order chi connectivity index (χ0) is 18.6. The third kappa shape index (κ3) is 2.66. The number of nitrogens with zero attached hydrogens (tertiary/aromatic N) is 2. The fraction of sp³-hybridized carbons (Fsp3) is 0.0526. The fourth-order valence-corrected chi connectivity index (χ4v) is 2.96. The number of H-pyrrole nitrogens is 1. The first-order valence-electron chi connectivity index (χ1n) is 7.97. The van der Waals surface area contributed by atoms with Crippen LogP contribution in [0.15, 0.2) is 63.8 Å². The number of aromatic nitrogens is 3. The first kappa shape index (κ1) is 15.7. The monoisotopic (exact) mass is 369 g/mol. The van der Waals surface area contributed by atoms with Gasteiger partial charge in [-0.3, -0.25) is 10.1 Å². The Morgan fingerprint density at radius 3 is 2.59 bits per heavy atom. The molecule has 0 aliphatic heterocycles. The van der Waals surface area contributed by atoms with Gasteiger partial charge < -0.3 is 8.83 Å². The first-order chi connectivity index (χ1) is 13.0. The molecule has 5 nitrogen and oxygen atoms in total. The smallest absolute Gasteiger partial charge is 0.432 e. The molecular weight excluding hydrogens is 359 g/mol. The molecule has 0 aliphatic rings. The van der Waals surface area contributed by atoms with E-state index in [4.69, 9.17) is 8.83 Å². The van der Waals surface area contributed by atoms with Crippen LogP contribution >= 0.6 is 0 Å². The maximum atomic E-state index is 12.8. The van der Waals surface area contributed by atoms with Gasteiger partial charge in [0.05, 0.1) is 12.0 Å². The van der Waals surface area contributed by atoms with Gasteiger partial charge in [0.2, 0.25) is 0 Å². The summed E-state index contributed by atoms with van der Waals surface area (Å²) >= 11 is 0. The number of hydrogen-bond acceptors (Lipinski definition) is 4. The molecule has 0 amide bonds. The standard InChI is InChI=1S/C19H10F3N3O2/c20-19(21,22)18-8-14(24-25-18)13-6-10(1-3-23-13)16-7-12-5-11-2-4-26-15(11)9-17(12)27-16/h1-9H,(H,24,25). The number of alkyl halides is 3. The maximum absolute atomic E-state index is 12.8. The van der Waals surface area contributed by atoms with Crippen LogP contribution in [-0.4, -0.2) is 15.2 Å². The molecule has 0 saturated heterocycles. The fourth-order valence-electron chi connectivity index (χ4n) is 2.96. The average Bonchev–Trinajstić information content (AvgIpc) is 3.37. The summed E-state index contributed by atoms with van der Waals surface area (Å²) in [6.07, 6.45) is -1.37. The van der Waals surface area contributed by atoms with Gasteiger partial charge in [-0.2, -0.15) is 18.3 Å². The molecule has 5 aromatic rings. The lowest BCUT2D eigenvalue weighted by Crippen LogP contribution is -2.04. The summed E-state index contributed by atoms with van der Waals surface area (Å²) in [5.41, 5.74) is 1.56. The van der Waals surface area contributed by atoms with Gasteiger partial charge in [-0.15, -0.1) is 0 Å². The Bertz CT molecular complexity index is 1230. The van der Waals surface area contributed by atoms with E-state index >= 15 is 0 Å². The third-order valence-corrected chi connectivity index (χ3v) is 4.28. The summed E-state index contributed by atoms with van der Waals surface area (Å²) in [6.45, 7) is 0. The molecule has 4 aromatic heterocycles. The molecule has 0 atom stereocenters. The second-order valence-corrected chi connectivity index (χ2v) is 6.05. The Labute approximate surface area is 149 Å². The molecule has 0 saturated carbocycles. The topological polar surface area (TPSA) is 67.8 Å². The van der Waals surface area contributed by atoms with E-state index in [0.717, 1.165) is 22.4 Å². The molecular formula is C19H10F3N3O2. The number of benzene rings is 1. The normalized spacial score (nSPS) is 12.3. The maximum Gasteiger partial charge on any atom is 0.432 e. The molecule has 27 heavy (non-hydrogen) atoms. The summed E-state index contributed by atoms with van der Waals surface area (Å²) < 4.78 is 49.5. The van der Waals surface area contributed by atoms with Gasteiger partial charge in [0.25, 0.3) is 0 Å². The van der Waals surface area contributed by atoms with Gasteiger partial charge in [-0.1, -0.05) is 0 Å². The van der Waals surface area contributed by atoms with E-state index in [1.54, 1.807) is 24.5 Å². The van der Waals surface area contributed by atoms with Crippen molar-refractivity contribution >= 4 is 21.9 Å². The molecule has 1 N–H and O–H groups in total. The highest BCUT2D eigenvalue weighted by Crippen LogP contribution is 2.33. The van der Waals surface area contributed by atoms with Crippen LogP contribution in [0.3, 0.4) is 0 Å². The highest BCUT2D eigenvalue weighted by atomic mass is 19.4. The Morgan fingerprint density at radius 1 is 0.889 bits per heavy atom. The largest absolute Gasteiger partial charge is 0.464 e. The molecule has 0 aliphatic carbocycles. The molecule has 5 rings (SSSR count). The van der Waals surface area contributed by atoms with Crippen molar-refractivity contribution < 1.29 is 22.0 Å². The van der Waals surface area contributed by atoms with Crippen molar-refractivity contribution in [2.75, 3.05) is 0 Å². The SMILES string of the molecule is FC(F)(F)c1cc(-c2cc(-c3cc4cc5ccoc5cc4o3)ccn2)n[nH]1. The first-order valence-corrected chi connectivity index (χ1v) is 7.97. The quantitative estimate of drug-likeness (QED) is 0.437. The van der Waals surface area contributed by atoms with Gasteiger partial charge in [0.15, 0.2) is 0 Å². The van der Waals surface area contributed by atoms with Gasteiger partial charge in [-0.05, 0) is 36.4 Å². The van der Waals surface area contributed by atoms with Crippen LogP contribution in [0, 0.1) is 0 Å². The van der Waals surface area contributed by atoms with Gasteiger partial charge in [0, 0.05) is 28.6 Å². The molecule has 134 valence electrons. The number of rotatable bonds is 2. The summed E-state index contributed by atoms with van der Waals surface area (Å²) in [5, 5.41) is 7.56. The lowest BCUT2D eigenvalue weighted by Gasteiger charge is -2.00. The van der Waals surface area contributed by atoms with Crippen molar-refractivity contribution in [1.82, 2.24) is 15.2 Å². The van der Waals surface area contributed by atoms with Crippen molar-refractivity contribution in [1.29, 1.82) is 0 Å². The van der Waals surface area contributed by atoms with E-state index in [2.05, 4.69) is 10.1 Å². The summed E-state index contributed by atoms with van der Waals surface area (Å²) in [7, 11) is 0. The van der Waals surface area contributed by atoms with E-state index in [1.165, 1.54) is 6.20 Å². The van der Waals surface area contributed by atoms with Crippen LogP contribution in [0.1, 0.15) is 5.69 Å². The minimum atomic E-state index is -4.49. The van der Waals surface area contributed by atoms with Gasteiger partial charge >= 0.3 is 6.18 Å². The van der Waals surface area contributed by atoms with E-state index in [-0.39, 0.29) is 5.69 Å². The van der Waals surface area contributed by atoms with Crippen molar-refractivity contribution in [3.8, 4) is 22.7 Å². The minimum Gasteiger partial charge on any atom is -0.464 e. The number of nitrogens with one attached hydrogen (secondary N) is 1. The van der Waals surface area contributed by atoms with Gasteiger partial charge in [-0.25, -0.2) is 0 Å². The zero-order valence-electron chi connectivity index (χ0n) is 13.5. The summed E-state index contributed by atoms with van der Waals surface area (Å²) in [5.74, 6) is 0.577. The summed E-state index contributed by atoms with van der Waals surface area (Å²) in [4.78, 5) is 4.11. The van der Waals surface area contributed by atoms with Crippen molar-refractivity contribution in [2.24, 2.45) is 0 Å². The molecule has 8 heteroatoms. The molecule has 0 unspecified atom stereocenters. The summed E-state index contributed by atoms with van der Waals surface area (Å²) in [6, 6.07) is 11.8. The average molecular weight is 369 g/mol. The Hall–Kier alpha value is -3.55. The van der Waals surface area contributed by atoms with E-state index in [1.807, 2.05) is 23.3 Å². The van der Waals surface area contributed by atoms with Crippen LogP contribution in [0.5, 0.6) is 0 Å². The molecule has 0 fully saturated rings. The van der Waals surface area contributed by atoms with Crippen molar-refractivity contribution in [2.45, 2.75) is 6.18 Å². The van der Waals surface area contributed by atoms with E-state index < -0.39 is 11.9 Å². The predicted octanol–water partition coefficient (Wildman–Crippen LogP) is 5.65. The molecule has 0 radical (unpaired) electrons. The van der Waals surface area contributed by atoms with E-state index in [9.17, 15) is 13.2 Å². The lowest BCUT2D eigenvalue weighted by molar-refractivity contribution is -0.141. The number of pyridine rings is 1. The number of aromatic amines is 1. The second-order valence-electron chi connectivity index (χ2n) is 6.05. The number of fused-ring (bicyclic) bond motifs is 2. The number of hydrogen-bond donors (Lipinski definition) is 1. The third-order valence-electron chi connectivity index (χ3n) is 4.28. The van der Waals surface area contributed by atoms with Crippen LogP contribution in [0.2, 0.25) is 0 Å². The van der Waals surface area contributed by atoms with Crippen molar-refractivity contribution in [3.63, 3.8) is 0 Å². The van der Waals surface area contributed by atoms with Crippen LogP contribution in [0.4, 0.5) is 13.2 Å². The Balaban J connectivity index is 1.57. The Morgan fingerprint density at radius 2 is 1.78 bits per heavy atom. The lowest BCUT2D eigenvalue weighted by atomic mass is 10.1. The Kier molecular flexibility index (Phi) is 3.18. The van der Waals surface area contributed by atoms with E-state index in [0.29, 0.717) is 22.6 Å². The predicted molar refractivity (Wildman–Crippen MR) is 91.8 cm³/mol. The zero-order valence-corrected chi connectivity index (χ0v) is 13.5. The minimum absolute atomic E-state index is 0.109. The van der Waals surface area contributed by atoms with Gasteiger partial charge in [0.1, 0.15) is 28.3 Å². The second kappa shape index (κ2) is 5.47. The highest BCUT2D eigenvalue weighted by molar-refractivity contribution is 5.95. The molecule has 0 bridgehead atoms. The van der Waals surface area contributed by atoms with Crippen molar-refractivity contribution in [3.05, 3.63) is 60.6 Å².